The highest BCUT2D eigenvalue weighted by Crippen LogP contribution is 2.38. The lowest BCUT2D eigenvalue weighted by molar-refractivity contribution is -0.384. The molecule has 0 unspecified atom stereocenters. The van der Waals surface area contributed by atoms with Gasteiger partial charge in [0.15, 0.2) is 10.5 Å². The Bertz CT molecular complexity index is 1950. The number of carbonyl (C=O) groups excluding carboxylic acids is 1. The van der Waals surface area contributed by atoms with E-state index in [-0.39, 0.29) is 33.0 Å². The molecule has 0 amide bonds. The van der Waals surface area contributed by atoms with Gasteiger partial charge in [-0.1, -0.05) is 35.1 Å². The summed E-state index contributed by atoms with van der Waals surface area (Å²) in [6.07, 6.45) is -3.69. The SMILES string of the molecule is CCOC(=O)C1=C(C(F)(F)F)N=c2s/c(=C\c3ccc(-c4ccc([N+](=O)[O-])cc4Br)o3)c(=O)n2[C@H]1c1ccc(Cl)cc1. The van der Waals surface area contributed by atoms with E-state index in [2.05, 4.69) is 20.9 Å². The number of non-ortho nitro benzene ring substituents is 1. The molecule has 1 aliphatic rings. The molecule has 2 aromatic heterocycles. The first-order chi connectivity index (χ1) is 19.9. The first kappa shape index (κ1) is 29.5. The molecule has 9 nitrogen and oxygen atoms in total. The van der Waals surface area contributed by atoms with Crippen LogP contribution >= 0.6 is 38.9 Å². The molecule has 0 saturated carbocycles. The Balaban J connectivity index is 1.67. The Morgan fingerprint density at radius 2 is 1.95 bits per heavy atom. The molecule has 4 aromatic rings. The Hall–Kier alpha value is -4.01. The Morgan fingerprint density at radius 3 is 2.57 bits per heavy atom. The number of hydrogen-bond donors (Lipinski definition) is 0. The number of furan rings is 1. The van der Waals surface area contributed by atoms with E-state index in [1.54, 1.807) is 6.07 Å². The van der Waals surface area contributed by atoms with Gasteiger partial charge in [0, 0.05) is 33.3 Å². The topological polar surface area (TPSA) is 117 Å². The van der Waals surface area contributed by atoms with Crippen molar-refractivity contribution in [3.05, 3.63) is 116 Å². The molecule has 1 atom stereocenters. The van der Waals surface area contributed by atoms with Gasteiger partial charge >= 0.3 is 12.1 Å². The van der Waals surface area contributed by atoms with Crippen LogP contribution in [0.15, 0.2) is 84.5 Å². The number of rotatable bonds is 6. The molecule has 216 valence electrons. The zero-order valence-electron chi connectivity index (χ0n) is 21.1. The first-order valence-electron chi connectivity index (χ1n) is 12.0. The molecule has 15 heteroatoms. The summed E-state index contributed by atoms with van der Waals surface area (Å²) in [6, 6.07) is 11.4. The van der Waals surface area contributed by atoms with Gasteiger partial charge in [-0.05, 0) is 58.7 Å². The minimum absolute atomic E-state index is 0.0111. The first-order valence-corrected chi connectivity index (χ1v) is 14.0. The summed E-state index contributed by atoms with van der Waals surface area (Å²) in [7, 11) is 0. The Kier molecular flexibility index (Phi) is 7.96. The van der Waals surface area contributed by atoms with E-state index in [1.807, 2.05) is 0 Å². The second kappa shape index (κ2) is 11.3. The van der Waals surface area contributed by atoms with Gasteiger partial charge in [-0.2, -0.15) is 13.2 Å². The van der Waals surface area contributed by atoms with E-state index in [0.29, 0.717) is 32.2 Å². The molecular formula is C27H16BrClF3N3O6S. The average molecular weight is 683 g/mol. The van der Waals surface area contributed by atoms with Gasteiger partial charge in [-0.25, -0.2) is 9.79 Å². The van der Waals surface area contributed by atoms with Crippen LogP contribution < -0.4 is 14.9 Å². The van der Waals surface area contributed by atoms with Crippen LogP contribution in [0.25, 0.3) is 17.4 Å². The van der Waals surface area contributed by atoms with Crippen molar-refractivity contribution in [3.8, 4) is 11.3 Å². The highest BCUT2D eigenvalue weighted by atomic mass is 79.9. The van der Waals surface area contributed by atoms with Crippen molar-refractivity contribution in [2.24, 2.45) is 4.99 Å². The molecular weight excluding hydrogens is 667 g/mol. The van der Waals surface area contributed by atoms with E-state index in [9.17, 15) is 32.9 Å². The molecule has 0 fully saturated rings. The minimum Gasteiger partial charge on any atom is -0.463 e. The van der Waals surface area contributed by atoms with Gasteiger partial charge in [0.25, 0.3) is 11.2 Å². The average Bonchev–Trinajstić information content (AvgIpc) is 3.52. The summed E-state index contributed by atoms with van der Waals surface area (Å²) in [6.45, 7) is 1.25. The van der Waals surface area contributed by atoms with Crippen LogP contribution in [0.1, 0.15) is 24.3 Å². The van der Waals surface area contributed by atoms with Crippen LogP contribution in [-0.2, 0) is 9.53 Å². The smallest absolute Gasteiger partial charge is 0.434 e. The summed E-state index contributed by atoms with van der Waals surface area (Å²) in [5, 5.41) is 11.3. The lowest BCUT2D eigenvalue weighted by Gasteiger charge is -2.26. The lowest BCUT2D eigenvalue weighted by Crippen LogP contribution is -2.41. The number of carbonyl (C=O) groups is 1. The maximum Gasteiger partial charge on any atom is 0.434 e. The van der Waals surface area contributed by atoms with Gasteiger partial charge < -0.3 is 9.15 Å². The number of nitro benzene ring substituents is 1. The van der Waals surface area contributed by atoms with Crippen LogP contribution in [0, 0.1) is 10.1 Å². The van der Waals surface area contributed by atoms with E-state index >= 15 is 0 Å². The number of hydrogen-bond acceptors (Lipinski definition) is 8. The predicted octanol–water partition coefficient (Wildman–Crippen LogP) is 5.92. The molecule has 3 heterocycles. The van der Waals surface area contributed by atoms with E-state index in [4.69, 9.17) is 20.8 Å². The third kappa shape index (κ3) is 5.56. The fourth-order valence-corrected chi connectivity index (χ4v) is 5.99. The van der Waals surface area contributed by atoms with Crippen molar-refractivity contribution in [2.75, 3.05) is 6.61 Å². The third-order valence-electron chi connectivity index (χ3n) is 6.11. The zero-order chi connectivity index (χ0) is 30.3. The lowest BCUT2D eigenvalue weighted by atomic mass is 9.95. The zero-order valence-corrected chi connectivity index (χ0v) is 24.3. The van der Waals surface area contributed by atoms with E-state index < -0.39 is 39.9 Å². The quantitative estimate of drug-likeness (QED) is 0.142. The van der Waals surface area contributed by atoms with Crippen LogP contribution in [0.5, 0.6) is 0 Å². The van der Waals surface area contributed by atoms with Crippen molar-refractivity contribution in [3.63, 3.8) is 0 Å². The number of aromatic nitrogens is 1. The Labute approximate surface area is 251 Å². The molecule has 0 spiro atoms. The summed E-state index contributed by atoms with van der Waals surface area (Å²) in [4.78, 5) is 40.5. The predicted molar refractivity (Wildman–Crippen MR) is 151 cm³/mol. The molecule has 0 aliphatic carbocycles. The maximum atomic E-state index is 14.2. The summed E-state index contributed by atoms with van der Waals surface area (Å²) in [5.41, 5.74) is -2.44. The molecule has 1 aliphatic heterocycles. The van der Waals surface area contributed by atoms with Gasteiger partial charge in [0.05, 0.1) is 27.7 Å². The van der Waals surface area contributed by atoms with Crippen molar-refractivity contribution in [1.29, 1.82) is 0 Å². The largest absolute Gasteiger partial charge is 0.463 e. The third-order valence-corrected chi connectivity index (χ3v) is 8.00. The normalized spacial score (nSPS) is 15.4. The number of allylic oxidation sites excluding steroid dienone is 1. The fraction of sp³-hybridized carbons (Fsp3) is 0.148. The monoisotopic (exact) mass is 681 g/mol. The van der Waals surface area contributed by atoms with E-state index in [0.717, 1.165) is 4.57 Å². The fourth-order valence-electron chi connectivity index (χ4n) is 4.32. The second-order valence-electron chi connectivity index (χ2n) is 8.74. The van der Waals surface area contributed by atoms with Crippen molar-refractivity contribution < 1.29 is 32.0 Å². The van der Waals surface area contributed by atoms with Crippen molar-refractivity contribution in [2.45, 2.75) is 19.1 Å². The standard InChI is InChI=1S/C27H16BrClF3N3O6S/c1-2-40-25(37)21-22(13-3-5-14(29)6-4-13)34-24(36)20(42-26(34)33-23(21)27(30,31)32)12-16-8-10-19(41-16)17-9-7-15(35(38)39)11-18(17)28/h3-12,22H,2H2,1H3/b20-12-/t22-/m0/s1. The van der Waals surface area contributed by atoms with Crippen LogP contribution in [0.2, 0.25) is 5.02 Å². The number of benzene rings is 2. The maximum absolute atomic E-state index is 14.2. The van der Waals surface area contributed by atoms with Crippen molar-refractivity contribution in [1.82, 2.24) is 4.57 Å². The van der Waals surface area contributed by atoms with Gasteiger partial charge in [-0.3, -0.25) is 19.5 Å². The summed E-state index contributed by atoms with van der Waals surface area (Å²) in [5.74, 6) is -0.754. The van der Waals surface area contributed by atoms with Crippen LogP contribution in [0.3, 0.4) is 0 Å². The number of thiazole rings is 1. The molecule has 0 bridgehead atoms. The molecule has 0 N–H and O–H groups in total. The van der Waals surface area contributed by atoms with Crippen molar-refractivity contribution >= 4 is 56.6 Å². The number of ether oxygens (including phenoxy) is 1. The molecule has 0 saturated heterocycles. The summed E-state index contributed by atoms with van der Waals surface area (Å²) < 4.78 is 54.9. The molecule has 42 heavy (non-hydrogen) atoms. The molecule has 2 aromatic carbocycles. The number of nitrogens with zero attached hydrogens (tertiary/aromatic N) is 3. The molecule has 0 radical (unpaired) electrons. The van der Waals surface area contributed by atoms with Crippen LogP contribution in [0.4, 0.5) is 18.9 Å². The van der Waals surface area contributed by atoms with Crippen LogP contribution in [-0.4, -0.2) is 28.2 Å². The van der Waals surface area contributed by atoms with Gasteiger partial charge in [0.2, 0.25) is 0 Å². The number of esters is 1. The summed E-state index contributed by atoms with van der Waals surface area (Å²) >= 11 is 9.96. The number of fused-ring (bicyclic) bond motifs is 1. The number of nitro groups is 1. The highest BCUT2D eigenvalue weighted by molar-refractivity contribution is 9.10. The number of alkyl halides is 3. The minimum atomic E-state index is -5.03. The van der Waals surface area contributed by atoms with Gasteiger partial charge in [-0.15, -0.1) is 0 Å². The Morgan fingerprint density at radius 1 is 1.24 bits per heavy atom. The van der Waals surface area contributed by atoms with Gasteiger partial charge in [0.1, 0.15) is 11.5 Å². The highest BCUT2D eigenvalue weighted by Gasteiger charge is 2.45. The second-order valence-corrected chi connectivity index (χ2v) is 11.0. The number of halogens is 5. The molecule has 5 rings (SSSR count). The van der Waals surface area contributed by atoms with E-state index in [1.165, 1.54) is 61.5 Å².